The predicted octanol–water partition coefficient (Wildman–Crippen LogP) is 1.45. The van der Waals surface area contributed by atoms with Crippen molar-refractivity contribution in [3.05, 3.63) is 35.9 Å². The number of carbonyl (C=O) groups excluding carboxylic acids is 1. The number of hydrogen-bond acceptors (Lipinski definition) is 4. The van der Waals surface area contributed by atoms with E-state index >= 15 is 0 Å². The molecule has 1 atom stereocenters. The van der Waals surface area contributed by atoms with Crippen LogP contribution in [0.2, 0.25) is 0 Å². The van der Waals surface area contributed by atoms with Gasteiger partial charge in [-0.15, -0.1) is 0 Å². The summed E-state index contributed by atoms with van der Waals surface area (Å²) in [6.07, 6.45) is 3.37. The fourth-order valence-electron chi connectivity index (χ4n) is 4.05. The number of benzene rings is 1. The van der Waals surface area contributed by atoms with Gasteiger partial charge in [0.2, 0.25) is 5.91 Å². The van der Waals surface area contributed by atoms with E-state index in [1.807, 2.05) is 0 Å². The summed E-state index contributed by atoms with van der Waals surface area (Å²) in [6.45, 7) is 11.3. The lowest BCUT2D eigenvalue weighted by atomic mass is 10.0. The van der Waals surface area contributed by atoms with E-state index in [0.717, 1.165) is 65.2 Å². The second-order valence-electron chi connectivity index (χ2n) is 7.65. The van der Waals surface area contributed by atoms with Crippen molar-refractivity contribution in [3.8, 4) is 0 Å². The maximum atomic E-state index is 12.4. The minimum absolute atomic E-state index is 0.199. The lowest BCUT2D eigenvalue weighted by molar-refractivity contribution is -0.123. The number of likely N-dealkylation sites (tertiary alicyclic amines) is 1. The maximum absolute atomic E-state index is 12.4. The third-order valence-electron chi connectivity index (χ3n) is 5.71. The number of hydrogen-bond donors (Lipinski definition) is 1. The van der Waals surface area contributed by atoms with Gasteiger partial charge in [-0.3, -0.25) is 9.69 Å². The molecule has 1 N–H and O–H groups in total. The van der Waals surface area contributed by atoms with Crippen LogP contribution >= 0.6 is 0 Å². The first-order valence-corrected chi connectivity index (χ1v) is 10.2. The molecular weight excluding hydrogens is 324 g/mol. The lowest BCUT2D eigenvalue weighted by Crippen LogP contribution is -2.53. The molecule has 1 aromatic rings. The zero-order valence-electron chi connectivity index (χ0n) is 16.2. The molecule has 0 spiro atoms. The Bertz CT molecular complexity index is 542. The van der Waals surface area contributed by atoms with E-state index in [1.54, 1.807) is 0 Å². The quantitative estimate of drug-likeness (QED) is 0.801. The molecule has 144 valence electrons. The van der Waals surface area contributed by atoms with Crippen LogP contribution < -0.4 is 5.32 Å². The topological polar surface area (TPSA) is 38.8 Å². The van der Waals surface area contributed by atoms with Crippen LogP contribution in [-0.4, -0.2) is 85.6 Å². The Kier molecular flexibility index (Phi) is 7.47. The second kappa shape index (κ2) is 10.0. The van der Waals surface area contributed by atoms with E-state index in [9.17, 15) is 4.79 Å². The third-order valence-corrected chi connectivity index (χ3v) is 5.71. The van der Waals surface area contributed by atoms with Crippen LogP contribution in [0.1, 0.15) is 25.3 Å². The van der Waals surface area contributed by atoms with Crippen LogP contribution in [0.4, 0.5) is 0 Å². The molecule has 2 fully saturated rings. The van der Waals surface area contributed by atoms with Gasteiger partial charge in [-0.1, -0.05) is 37.3 Å². The number of rotatable bonds is 7. The molecule has 2 heterocycles. The summed E-state index contributed by atoms with van der Waals surface area (Å²) in [5.74, 6) is 0.199. The highest BCUT2D eigenvalue weighted by Crippen LogP contribution is 2.11. The number of nitrogens with one attached hydrogen (secondary N) is 1. The van der Waals surface area contributed by atoms with Gasteiger partial charge in [-0.05, 0) is 37.9 Å². The van der Waals surface area contributed by atoms with Gasteiger partial charge >= 0.3 is 0 Å². The summed E-state index contributed by atoms with van der Waals surface area (Å²) in [5, 5.41) is 3.28. The van der Waals surface area contributed by atoms with Gasteiger partial charge in [0.05, 0.1) is 6.54 Å². The van der Waals surface area contributed by atoms with Crippen molar-refractivity contribution in [2.24, 2.45) is 0 Å². The fourth-order valence-corrected chi connectivity index (χ4v) is 4.05. The number of carbonyl (C=O) groups is 1. The number of piperazine rings is 1. The highest BCUT2D eigenvalue weighted by molar-refractivity contribution is 5.78. The first-order valence-electron chi connectivity index (χ1n) is 10.2. The molecular formula is C21H34N4O. The summed E-state index contributed by atoms with van der Waals surface area (Å²) in [5.41, 5.74) is 1.39. The normalized spacial score (nSPS) is 23.0. The maximum Gasteiger partial charge on any atom is 0.234 e. The van der Waals surface area contributed by atoms with Crippen molar-refractivity contribution in [2.75, 3.05) is 58.9 Å². The standard InChI is InChI=1S/C21H34N4O/c1-2-23-13-15-25(16-14-23)18-21(26)22-20-9-6-11-24(17-20)12-10-19-7-4-3-5-8-19/h3-5,7-8,20H,2,6,9-18H2,1H3,(H,22,26)/t20-/m0/s1. The third kappa shape index (κ3) is 6.08. The Morgan fingerprint density at radius 1 is 1.04 bits per heavy atom. The highest BCUT2D eigenvalue weighted by Gasteiger charge is 2.23. The number of piperidine rings is 1. The van der Waals surface area contributed by atoms with Crippen molar-refractivity contribution >= 4 is 5.91 Å². The Labute approximate surface area is 158 Å². The number of amides is 1. The van der Waals surface area contributed by atoms with Crippen LogP contribution in [0.5, 0.6) is 0 Å². The van der Waals surface area contributed by atoms with Gasteiger partial charge < -0.3 is 15.1 Å². The molecule has 1 aromatic carbocycles. The average Bonchev–Trinajstić information content (AvgIpc) is 2.68. The Morgan fingerprint density at radius 2 is 1.77 bits per heavy atom. The molecule has 2 aliphatic heterocycles. The molecule has 0 radical (unpaired) electrons. The van der Waals surface area contributed by atoms with E-state index in [4.69, 9.17) is 0 Å². The molecule has 3 rings (SSSR count). The summed E-state index contributed by atoms with van der Waals surface area (Å²) in [4.78, 5) is 19.7. The van der Waals surface area contributed by atoms with Crippen molar-refractivity contribution in [1.29, 1.82) is 0 Å². The van der Waals surface area contributed by atoms with Crippen LogP contribution in [0.3, 0.4) is 0 Å². The average molecular weight is 359 g/mol. The first-order chi connectivity index (χ1) is 12.7. The lowest BCUT2D eigenvalue weighted by Gasteiger charge is -2.35. The Hall–Kier alpha value is -1.43. The first kappa shape index (κ1) is 19.3. The van der Waals surface area contributed by atoms with Crippen molar-refractivity contribution in [1.82, 2.24) is 20.0 Å². The molecule has 5 heteroatoms. The number of nitrogens with zero attached hydrogens (tertiary/aromatic N) is 3. The summed E-state index contributed by atoms with van der Waals surface area (Å²) < 4.78 is 0. The molecule has 2 saturated heterocycles. The molecule has 5 nitrogen and oxygen atoms in total. The highest BCUT2D eigenvalue weighted by atomic mass is 16.2. The molecule has 0 bridgehead atoms. The summed E-state index contributed by atoms with van der Waals surface area (Å²) in [7, 11) is 0. The zero-order valence-corrected chi connectivity index (χ0v) is 16.2. The summed E-state index contributed by atoms with van der Waals surface area (Å²) in [6, 6.07) is 11.0. The molecule has 0 saturated carbocycles. The van der Waals surface area contributed by atoms with E-state index in [1.165, 1.54) is 12.0 Å². The van der Waals surface area contributed by atoms with E-state index in [2.05, 4.69) is 57.3 Å². The largest absolute Gasteiger partial charge is 0.351 e. The van der Waals surface area contributed by atoms with Crippen molar-refractivity contribution < 1.29 is 4.79 Å². The van der Waals surface area contributed by atoms with Gasteiger partial charge in [0.25, 0.3) is 0 Å². The molecule has 1 amide bonds. The van der Waals surface area contributed by atoms with E-state index < -0.39 is 0 Å². The minimum atomic E-state index is 0.199. The number of likely N-dealkylation sites (N-methyl/N-ethyl adjacent to an activating group) is 1. The van der Waals surface area contributed by atoms with Crippen molar-refractivity contribution in [3.63, 3.8) is 0 Å². The SMILES string of the molecule is CCN1CCN(CC(=O)N[C@H]2CCCN(CCc3ccccc3)C2)CC1. The fraction of sp³-hybridized carbons (Fsp3) is 0.667. The molecule has 0 aliphatic carbocycles. The van der Waals surface area contributed by atoms with Crippen LogP contribution in [0.25, 0.3) is 0 Å². The van der Waals surface area contributed by atoms with Crippen molar-refractivity contribution in [2.45, 2.75) is 32.2 Å². The summed E-state index contributed by atoms with van der Waals surface area (Å²) >= 11 is 0. The van der Waals surface area contributed by atoms with Crippen LogP contribution in [0.15, 0.2) is 30.3 Å². The van der Waals surface area contributed by atoms with Crippen LogP contribution in [0, 0.1) is 0 Å². The van der Waals surface area contributed by atoms with E-state index in [-0.39, 0.29) is 5.91 Å². The molecule has 2 aliphatic rings. The zero-order chi connectivity index (χ0) is 18.2. The van der Waals surface area contributed by atoms with Gasteiger partial charge in [0.15, 0.2) is 0 Å². The molecule has 26 heavy (non-hydrogen) atoms. The monoisotopic (exact) mass is 358 g/mol. The Balaban J connectivity index is 1.37. The molecule has 0 aromatic heterocycles. The van der Waals surface area contributed by atoms with Gasteiger partial charge in [0.1, 0.15) is 0 Å². The van der Waals surface area contributed by atoms with E-state index in [0.29, 0.717) is 12.6 Å². The smallest absolute Gasteiger partial charge is 0.234 e. The van der Waals surface area contributed by atoms with Gasteiger partial charge in [-0.25, -0.2) is 0 Å². The van der Waals surface area contributed by atoms with Gasteiger partial charge in [-0.2, -0.15) is 0 Å². The predicted molar refractivity (Wildman–Crippen MR) is 106 cm³/mol. The second-order valence-corrected chi connectivity index (χ2v) is 7.65. The minimum Gasteiger partial charge on any atom is -0.351 e. The van der Waals surface area contributed by atoms with Crippen LogP contribution in [-0.2, 0) is 11.2 Å². The molecule has 0 unspecified atom stereocenters. The Morgan fingerprint density at radius 3 is 2.50 bits per heavy atom. The van der Waals surface area contributed by atoms with Gasteiger partial charge in [0, 0.05) is 45.3 Å².